The van der Waals surface area contributed by atoms with E-state index in [-0.39, 0.29) is 11.9 Å². The van der Waals surface area contributed by atoms with E-state index in [0.717, 1.165) is 25.1 Å². The van der Waals surface area contributed by atoms with Crippen LogP contribution in [0.5, 0.6) is 0 Å². The van der Waals surface area contributed by atoms with Gasteiger partial charge in [-0.05, 0) is 44.2 Å². The second-order valence-corrected chi connectivity index (χ2v) is 8.00. The van der Waals surface area contributed by atoms with E-state index < -0.39 is 0 Å². The summed E-state index contributed by atoms with van der Waals surface area (Å²) >= 11 is 0. The Hall–Kier alpha value is -2.55. The molecule has 0 saturated carbocycles. The van der Waals surface area contributed by atoms with Gasteiger partial charge >= 0.3 is 0 Å². The Balaban J connectivity index is 0.000000278. The standard InChI is InChI=1S/C17H24N2O.C9H12/c1-13(2)19-11-5-6-16(19)17(20)18(4)12-15-9-7-14(3)8-10-15;1-2-6-9-7-4-3-5-8-9/h7-10,16H,1,5-6,11-12H2,2-4H3;3-5,7-8H,2,6H2,1H3. The molecule has 3 rings (SSSR count). The van der Waals surface area contributed by atoms with E-state index in [4.69, 9.17) is 0 Å². The van der Waals surface area contributed by atoms with Crippen LogP contribution in [-0.4, -0.2) is 35.3 Å². The molecule has 1 unspecified atom stereocenters. The number of benzene rings is 2. The van der Waals surface area contributed by atoms with Gasteiger partial charge < -0.3 is 9.80 Å². The summed E-state index contributed by atoms with van der Waals surface area (Å²) < 4.78 is 0. The van der Waals surface area contributed by atoms with Gasteiger partial charge in [-0.2, -0.15) is 0 Å². The van der Waals surface area contributed by atoms with Crippen molar-refractivity contribution in [2.75, 3.05) is 13.6 Å². The van der Waals surface area contributed by atoms with E-state index in [1.807, 2.05) is 18.9 Å². The number of aryl methyl sites for hydroxylation is 2. The van der Waals surface area contributed by atoms with Gasteiger partial charge in [-0.3, -0.25) is 4.79 Å². The maximum Gasteiger partial charge on any atom is 0.245 e. The molecule has 0 bridgehead atoms. The molecule has 156 valence electrons. The van der Waals surface area contributed by atoms with Crippen molar-refractivity contribution in [3.05, 3.63) is 83.6 Å². The second-order valence-electron chi connectivity index (χ2n) is 8.00. The van der Waals surface area contributed by atoms with Crippen LogP contribution in [0.15, 0.2) is 66.9 Å². The number of likely N-dealkylation sites (tertiary alicyclic amines) is 1. The molecule has 29 heavy (non-hydrogen) atoms. The first-order valence-electron chi connectivity index (χ1n) is 10.7. The molecule has 3 heteroatoms. The summed E-state index contributed by atoms with van der Waals surface area (Å²) in [5.74, 6) is 0.200. The molecule has 1 aliphatic heterocycles. The van der Waals surface area contributed by atoms with Crippen molar-refractivity contribution in [2.45, 2.75) is 59.0 Å². The molecule has 0 N–H and O–H groups in total. The number of hydrogen-bond donors (Lipinski definition) is 0. The predicted molar refractivity (Wildman–Crippen MR) is 123 cm³/mol. The Bertz CT molecular complexity index is 767. The third kappa shape index (κ3) is 7.08. The summed E-state index contributed by atoms with van der Waals surface area (Å²) in [6.45, 7) is 11.8. The molecular weight excluding hydrogens is 356 g/mol. The normalized spacial score (nSPS) is 15.4. The quantitative estimate of drug-likeness (QED) is 0.640. The van der Waals surface area contributed by atoms with Gasteiger partial charge in [0.05, 0.1) is 0 Å². The lowest BCUT2D eigenvalue weighted by Crippen LogP contribution is -2.42. The van der Waals surface area contributed by atoms with Gasteiger partial charge in [-0.15, -0.1) is 0 Å². The van der Waals surface area contributed by atoms with Crippen molar-refractivity contribution >= 4 is 5.91 Å². The molecule has 0 spiro atoms. The first-order valence-corrected chi connectivity index (χ1v) is 10.7. The fraction of sp³-hybridized carbons (Fsp3) is 0.423. The van der Waals surface area contributed by atoms with Gasteiger partial charge in [-0.25, -0.2) is 0 Å². The summed E-state index contributed by atoms with van der Waals surface area (Å²) in [6, 6.07) is 18.9. The Morgan fingerprint density at radius 1 is 1.10 bits per heavy atom. The largest absolute Gasteiger partial charge is 0.364 e. The first-order chi connectivity index (χ1) is 13.9. The highest BCUT2D eigenvalue weighted by molar-refractivity contribution is 5.82. The lowest BCUT2D eigenvalue weighted by Gasteiger charge is -2.29. The van der Waals surface area contributed by atoms with E-state index in [9.17, 15) is 4.79 Å². The number of amides is 1. The van der Waals surface area contributed by atoms with Crippen molar-refractivity contribution in [2.24, 2.45) is 0 Å². The number of hydrogen-bond acceptors (Lipinski definition) is 2. The van der Waals surface area contributed by atoms with Gasteiger partial charge in [-0.1, -0.05) is 80.1 Å². The van der Waals surface area contributed by atoms with E-state index in [0.29, 0.717) is 6.54 Å². The smallest absolute Gasteiger partial charge is 0.245 e. The number of allylic oxidation sites excluding steroid dienone is 1. The molecule has 1 aliphatic rings. The molecular formula is C26H36N2O. The van der Waals surface area contributed by atoms with Crippen LogP contribution in [-0.2, 0) is 17.8 Å². The minimum absolute atomic E-state index is 0.0250. The minimum atomic E-state index is -0.0250. The molecule has 3 nitrogen and oxygen atoms in total. The van der Waals surface area contributed by atoms with Crippen LogP contribution in [0.4, 0.5) is 0 Å². The SMILES string of the molecule is C=C(C)N1CCCC1C(=O)N(C)Cc1ccc(C)cc1.CCCc1ccccc1. The van der Waals surface area contributed by atoms with Crippen molar-refractivity contribution in [3.8, 4) is 0 Å². The summed E-state index contributed by atoms with van der Waals surface area (Å²) in [5.41, 5.74) is 4.85. The zero-order valence-corrected chi connectivity index (χ0v) is 18.5. The summed E-state index contributed by atoms with van der Waals surface area (Å²) in [4.78, 5) is 16.5. The number of carbonyl (C=O) groups excluding carboxylic acids is 1. The van der Waals surface area contributed by atoms with Gasteiger partial charge in [0.2, 0.25) is 5.91 Å². The lowest BCUT2D eigenvalue weighted by molar-refractivity contribution is -0.134. The molecule has 1 heterocycles. The Morgan fingerprint density at radius 2 is 1.76 bits per heavy atom. The van der Waals surface area contributed by atoms with Crippen LogP contribution in [0, 0.1) is 6.92 Å². The van der Waals surface area contributed by atoms with E-state index >= 15 is 0 Å². The van der Waals surface area contributed by atoms with Crippen molar-refractivity contribution in [1.29, 1.82) is 0 Å². The maximum absolute atomic E-state index is 12.6. The van der Waals surface area contributed by atoms with Crippen molar-refractivity contribution < 1.29 is 4.79 Å². The van der Waals surface area contributed by atoms with Crippen molar-refractivity contribution in [3.63, 3.8) is 0 Å². The highest BCUT2D eigenvalue weighted by Crippen LogP contribution is 2.23. The molecule has 1 saturated heterocycles. The van der Waals surface area contributed by atoms with Crippen molar-refractivity contribution in [1.82, 2.24) is 9.80 Å². The average molecular weight is 393 g/mol. The zero-order chi connectivity index (χ0) is 21.2. The number of likely N-dealkylation sites (N-methyl/N-ethyl adjacent to an activating group) is 1. The fourth-order valence-electron chi connectivity index (χ4n) is 3.71. The molecule has 1 fully saturated rings. The van der Waals surface area contributed by atoms with Gasteiger partial charge in [0.1, 0.15) is 6.04 Å². The van der Waals surface area contributed by atoms with Crippen LogP contribution in [0.3, 0.4) is 0 Å². The van der Waals surface area contributed by atoms with Crippen LogP contribution in [0.25, 0.3) is 0 Å². The highest BCUT2D eigenvalue weighted by Gasteiger charge is 2.32. The molecule has 2 aromatic rings. The monoisotopic (exact) mass is 392 g/mol. The summed E-state index contributed by atoms with van der Waals surface area (Å²) in [7, 11) is 1.89. The highest BCUT2D eigenvalue weighted by atomic mass is 16.2. The Labute approximate surface area is 177 Å². The van der Waals surface area contributed by atoms with Crippen LogP contribution >= 0.6 is 0 Å². The average Bonchev–Trinajstić information content (AvgIpc) is 3.21. The molecule has 2 aromatic carbocycles. The zero-order valence-electron chi connectivity index (χ0n) is 18.5. The first kappa shape index (κ1) is 22.7. The van der Waals surface area contributed by atoms with Gasteiger partial charge in [0, 0.05) is 25.8 Å². The lowest BCUT2D eigenvalue weighted by atomic mass is 10.1. The van der Waals surface area contributed by atoms with Crippen LogP contribution in [0.1, 0.15) is 49.8 Å². The molecule has 0 radical (unpaired) electrons. The Kier molecular flexibility index (Phi) is 8.98. The van der Waals surface area contributed by atoms with Crippen LogP contribution < -0.4 is 0 Å². The third-order valence-electron chi connectivity index (χ3n) is 5.33. The fourth-order valence-corrected chi connectivity index (χ4v) is 3.71. The maximum atomic E-state index is 12.6. The van der Waals surface area contributed by atoms with Gasteiger partial charge in [0.15, 0.2) is 0 Å². The summed E-state index contributed by atoms with van der Waals surface area (Å²) in [6.07, 6.45) is 4.45. The molecule has 0 aromatic heterocycles. The minimum Gasteiger partial charge on any atom is -0.364 e. The number of nitrogens with zero attached hydrogens (tertiary/aromatic N) is 2. The third-order valence-corrected chi connectivity index (χ3v) is 5.33. The van der Waals surface area contributed by atoms with E-state index in [2.05, 4.69) is 79.9 Å². The van der Waals surface area contributed by atoms with E-state index in [1.165, 1.54) is 29.5 Å². The Morgan fingerprint density at radius 3 is 2.34 bits per heavy atom. The molecule has 0 aliphatic carbocycles. The number of carbonyl (C=O) groups is 1. The topological polar surface area (TPSA) is 23.6 Å². The number of rotatable bonds is 6. The predicted octanol–water partition coefficient (Wildman–Crippen LogP) is 5.59. The van der Waals surface area contributed by atoms with Gasteiger partial charge in [0.25, 0.3) is 0 Å². The second kappa shape index (κ2) is 11.5. The van der Waals surface area contributed by atoms with Crippen LogP contribution in [0.2, 0.25) is 0 Å². The molecule has 1 amide bonds. The van der Waals surface area contributed by atoms with E-state index in [1.54, 1.807) is 0 Å². The summed E-state index contributed by atoms with van der Waals surface area (Å²) in [5, 5.41) is 0. The molecule has 1 atom stereocenters.